The van der Waals surface area contributed by atoms with Crippen LogP contribution in [0.25, 0.3) is 39.3 Å². The monoisotopic (exact) mass is 702 g/mol. The van der Waals surface area contributed by atoms with Gasteiger partial charge in [-0.25, -0.2) is 0 Å². The van der Waals surface area contributed by atoms with Gasteiger partial charge in [-0.05, 0) is 61.6 Å². The molecule has 5 heteroatoms. The summed E-state index contributed by atoms with van der Waals surface area (Å²) in [4.78, 5) is 9.36. The summed E-state index contributed by atoms with van der Waals surface area (Å²) >= 11 is 0. The number of fused-ring (bicyclic) bond motifs is 3. The van der Waals surface area contributed by atoms with Crippen LogP contribution in [0, 0.1) is 18.1 Å². The molecule has 40 heavy (non-hydrogen) atoms. The van der Waals surface area contributed by atoms with E-state index in [0.717, 1.165) is 51.9 Å². The maximum Gasteiger partial charge on any atom is 0.110 e. The first-order valence-corrected chi connectivity index (χ1v) is 13.9. The SMILES string of the molecule is CC1(C)Oc2ccc[c-]c2-c2ncccc21.[Ir].[c-]1ccccc1-c1nc2cccc3c2n1CC=C3C1CCCC1. The van der Waals surface area contributed by atoms with Crippen LogP contribution in [-0.4, -0.2) is 14.5 Å². The minimum atomic E-state index is -0.328. The summed E-state index contributed by atoms with van der Waals surface area (Å²) < 4.78 is 8.33. The Morgan fingerprint density at radius 1 is 0.925 bits per heavy atom. The van der Waals surface area contributed by atoms with Crippen LogP contribution < -0.4 is 4.74 Å². The summed E-state index contributed by atoms with van der Waals surface area (Å²) in [5.41, 5.74) is 9.18. The van der Waals surface area contributed by atoms with E-state index in [0.29, 0.717) is 0 Å². The average molecular weight is 702 g/mol. The van der Waals surface area contributed by atoms with Gasteiger partial charge in [-0.1, -0.05) is 42.7 Å². The zero-order chi connectivity index (χ0) is 26.4. The predicted octanol–water partition coefficient (Wildman–Crippen LogP) is 8.26. The Balaban J connectivity index is 0.000000150. The van der Waals surface area contributed by atoms with Crippen molar-refractivity contribution in [3.63, 3.8) is 0 Å². The van der Waals surface area contributed by atoms with Crippen molar-refractivity contribution in [1.29, 1.82) is 0 Å². The third-order valence-corrected chi connectivity index (χ3v) is 8.19. The van der Waals surface area contributed by atoms with Crippen LogP contribution >= 0.6 is 0 Å². The molecule has 4 nitrogen and oxygen atoms in total. The van der Waals surface area contributed by atoms with Crippen molar-refractivity contribution in [2.24, 2.45) is 5.92 Å². The van der Waals surface area contributed by atoms with Gasteiger partial charge in [0.25, 0.3) is 0 Å². The Bertz CT molecular complexity index is 1700. The second-order valence-corrected chi connectivity index (χ2v) is 11.1. The second kappa shape index (κ2) is 10.8. The van der Waals surface area contributed by atoms with Crippen LogP contribution in [-0.2, 0) is 32.3 Å². The molecule has 0 atom stereocenters. The van der Waals surface area contributed by atoms with Gasteiger partial charge in [0.2, 0.25) is 0 Å². The van der Waals surface area contributed by atoms with E-state index in [1.165, 1.54) is 36.8 Å². The topological polar surface area (TPSA) is 39.9 Å². The molecule has 5 aromatic rings. The molecule has 1 fully saturated rings. The van der Waals surface area contributed by atoms with Gasteiger partial charge in [-0.2, -0.15) is 0 Å². The zero-order valence-electron chi connectivity index (χ0n) is 22.8. The Morgan fingerprint density at radius 2 is 1.77 bits per heavy atom. The normalized spacial score (nSPS) is 16.5. The summed E-state index contributed by atoms with van der Waals surface area (Å²) in [6.07, 6.45) is 9.69. The number of imidazole rings is 1. The van der Waals surface area contributed by atoms with Gasteiger partial charge in [0, 0.05) is 44.2 Å². The number of nitrogens with zero attached hydrogens (tertiary/aromatic N) is 3. The summed E-state index contributed by atoms with van der Waals surface area (Å²) in [7, 11) is 0. The number of ether oxygens (including phenoxy) is 1. The Morgan fingerprint density at radius 3 is 2.60 bits per heavy atom. The maximum absolute atomic E-state index is 5.97. The minimum absolute atomic E-state index is 0. The predicted molar refractivity (Wildman–Crippen MR) is 156 cm³/mol. The van der Waals surface area contributed by atoms with Gasteiger partial charge in [0.15, 0.2) is 0 Å². The van der Waals surface area contributed by atoms with Crippen molar-refractivity contribution in [3.05, 3.63) is 108 Å². The number of benzene rings is 3. The molecule has 203 valence electrons. The van der Waals surface area contributed by atoms with Crippen LogP contribution in [0.4, 0.5) is 0 Å². The van der Waals surface area contributed by atoms with Gasteiger partial charge in [0.1, 0.15) is 5.60 Å². The van der Waals surface area contributed by atoms with Crippen molar-refractivity contribution in [2.45, 2.75) is 51.7 Å². The van der Waals surface area contributed by atoms with Crippen LogP contribution in [0.3, 0.4) is 0 Å². The minimum Gasteiger partial charge on any atom is -0.528 e. The first kappa shape index (κ1) is 26.7. The van der Waals surface area contributed by atoms with Crippen molar-refractivity contribution in [3.8, 4) is 28.4 Å². The fourth-order valence-electron chi connectivity index (χ4n) is 6.37. The molecule has 8 rings (SSSR count). The Kier molecular flexibility index (Phi) is 7.20. The van der Waals surface area contributed by atoms with Crippen molar-refractivity contribution >= 4 is 16.6 Å². The molecule has 0 amide bonds. The summed E-state index contributed by atoms with van der Waals surface area (Å²) in [5.74, 6) is 2.64. The van der Waals surface area contributed by atoms with E-state index in [9.17, 15) is 0 Å². The van der Waals surface area contributed by atoms with E-state index >= 15 is 0 Å². The summed E-state index contributed by atoms with van der Waals surface area (Å²) in [6, 6.07) is 31.0. The first-order valence-electron chi connectivity index (χ1n) is 13.9. The van der Waals surface area contributed by atoms with E-state index in [2.05, 4.69) is 78.0 Å². The second-order valence-electron chi connectivity index (χ2n) is 11.1. The smallest absolute Gasteiger partial charge is 0.110 e. The van der Waals surface area contributed by atoms with Crippen molar-refractivity contribution in [2.75, 3.05) is 0 Å². The molecule has 0 unspecified atom stereocenters. The molecule has 2 aliphatic heterocycles. The standard InChI is InChI=1S/C21H19N2.C14H12NO.Ir/c1-2-9-16(10-3-1)21-22-19-12-6-11-18-17(15-7-4-5-8-15)13-14-23(21)20(18)19;1-14(2)11-7-5-9-15-13(11)10-6-3-4-8-12(10)16-14;/h1-3,6,9,11-13,15H,4-5,7-8,14H2;3-5,7-9H,1-2H3;/q2*-1;. The van der Waals surface area contributed by atoms with E-state index in [4.69, 9.17) is 9.72 Å². The molecule has 0 saturated heterocycles. The third-order valence-electron chi connectivity index (χ3n) is 8.19. The molecule has 4 heterocycles. The zero-order valence-corrected chi connectivity index (χ0v) is 25.2. The van der Waals surface area contributed by atoms with Crippen LogP contribution in [0.2, 0.25) is 0 Å². The molecule has 1 saturated carbocycles. The van der Waals surface area contributed by atoms with Gasteiger partial charge in [-0.15, -0.1) is 60.2 Å². The quantitative estimate of drug-likeness (QED) is 0.174. The van der Waals surface area contributed by atoms with Gasteiger partial charge in [-0.3, -0.25) is 4.98 Å². The van der Waals surface area contributed by atoms with E-state index in [1.54, 1.807) is 5.57 Å². The first-order chi connectivity index (χ1) is 19.1. The molecule has 2 aromatic heterocycles. The van der Waals surface area contributed by atoms with Crippen LogP contribution in [0.1, 0.15) is 50.7 Å². The van der Waals surface area contributed by atoms with E-state index < -0.39 is 0 Å². The number of hydrogen-bond donors (Lipinski definition) is 0. The van der Waals surface area contributed by atoms with Crippen LogP contribution in [0.15, 0.2) is 85.1 Å². The number of hydrogen-bond acceptors (Lipinski definition) is 3. The van der Waals surface area contributed by atoms with Gasteiger partial charge >= 0.3 is 0 Å². The van der Waals surface area contributed by atoms with E-state index in [-0.39, 0.29) is 25.7 Å². The number of pyridine rings is 1. The largest absolute Gasteiger partial charge is 0.528 e. The Hall–Kier alpha value is -3.53. The summed E-state index contributed by atoms with van der Waals surface area (Å²) in [6.45, 7) is 5.05. The molecule has 3 aromatic carbocycles. The third kappa shape index (κ3) is 4.62. The molecule has 1 aliphatic carbocycles. The van der Waals surface area contributed by atoms with Gasteiger partial charge < -0.3 is 14.3 Å². The number of para-hydroxylation sites is 1. The van der Waals surface area contributed by atoms with Crippen molar-refractivity contribution in [1.82, 2.24) is 14.5 Å². The fraction of sp³-hybridized carbons (Fsp3) is 0.257. The molecule has 1 radical (unpaired) electrons. The number of aromatic nitrogens is 3. The van der Waals surface area contributed by atoms with Gasteiger partial charge in [0.05, 0.1) is 16.9 Å². The summed E-state index contributed by atoms with van der Waals surface area (Å²) in [5, 5.41) is 0. The Labute approximate surface area is 249 Å². The molecular formula is C35H31IrN3O-2. The molecular weight excluding hydrogens is 671 g/mol. The molecule has 3 aliphatic rings. The number of allylic oxidation sites excluding steroid dienone is 2. The number of rotatable bonds is 2. The molecule has 0 bridgehead atoms. The molecule has 0 N–H and O–H groups in total. The maximum atomic E-state index is 5.97. The molecule has 0 spiro atoms. The van der Waals surface area contributed by atoms with Crippen molar-refractivity contribution < 1.29 is 24.8 Å². The van der Waals surface area contributed by atoms with E-state index in [1.807, 2.05) is 42.6 Å². The fourth-order valence-corrected chi connectivity index (χ4v) is 6.37. The average Bonchev–Trinajstić information content (AvgIpc) is 3.64. The van der Waals surface area contributed by atoms with Crippen LogP contribution in [0.5, 0.6) is 5.75 Å².